The van der Waals surface area contributed by atoms with Gasteiger partial charge in [-0.05, 0) is 65.8 Å². The molecule has 0 saturated heterocycles. The third kappa shape index (κ3) is 6.18. The SMILES string of the molecule is COc1ccc(N(C(=O)OC(C)(C)C)C(=O)OC(C)(C)C)cc1. The van der Waals surface area contributed by atoms with Crippen LogP contribution in [0.2, 0.25) is 0 Å². The molecule has 1 aromatic carbocycles. The van der Waals surface area contributed by atoms with Gasteiger partial charge in [0.1, 0.15) is 17.0 Å². The molecule has 2 amide bonds. The number of benzene rings is 1. The number of hydrogen-bond acceptors (Lipinski definition) is 5. The van der Waals surface area contributed by atoms with Gasteiger partial charge in [-0.15, -0.1) is 0 Å². The van der Waals surface area contributed by atoms with Gasteiger partial charge in [0.15, 0.2) is 0 Å². The molecule has 0 aromatic heterocycles. The minimum absolute atomic E-state index is 0.342. The second kappa shape index (κ2) is 6.89. The summed E-state index contributed by atoms with van der Waals surface area (Å²) in [6.45, 7) is 10.4. The van der Waals surface area contributed by atoms with Gasteiger partial charge >= 0.3 is 12.2 Å². The van der Waals surface area contributed by atoms with E-state index in [4.69, 9.17) is 14.2 Å². The third-order valence-corrected chi connectivity index (χ3v) is 2.48. The Labute approximate surface area is 137 Å². The Morgan fingerprint density at radius 3 is 1.52 bits per heavy atom. The van der Waals surface area contributed by atoms with Crippen LogP contribution in [0.3, 0.4) is 0 Å². The normalized spacial score (nSPS) is 11.6. The Bertz CT molecular complexity index is 524. The van der Waals surface area contributed by atoms with Gasteiger partial charge in [-0.3, -0.25) is 0 Å². The van der Waals surface area contributed by atoms with E-state index in [1.807, 2.05) is 0 Å². The van der Waals surface area contributed by atoms with E-state index in [0.717, 1.165) is 4.90 Å². The van der Waals surface area contributed by atoms with Crippen LogP contribution in [0.1, 0.15) is 41.5 Å². The molecular weight excluding hydrogens is 298 g/mol. The lowest BCUT2D eigenvalue weighted by molar-refractivity contribution is 0.0430. The molecule has 0 fully saturated rings. The van der Waals surface area contributed by atoms with Crippen molar-refractivity contribution >= 4 is 17.9 Å². The van der Waals surface area contributed by atoms with Gasteiger partial charge in [-0.1, -0.05) is 0 Å². The number of imide groups is 1. The summed E-state index contributed by atoms with van der Waals surface area (Å²) in [5.41, 5.74) is -1.12. The summed E-state index contributed by atoms with van der Waals surface area (Å²) in [5.74, 6) is 0.613. The van der Waals surface area contributed by atoms with Crippen molar-refractivity contribution in [2.75, 3.05) is 12.0 Å². The lowest BCUT2D eigenvalue weighted by Crippen LogP contribution is -2.43. The maximum atomic E-state index is 12.4. The zero-order chi connectivity index (χ0) is 17.8. The molecule has 0 N–H and O–H groups in total. The van der Waals surface area contributed by atoms with Crippen LogP contribution in [0.15, 0.2) is 24.3 Å². The third-order valence-electron chi connectivity index (χ3n) is 2.48. The van der Waals surface area contributed by atoms with E-state index in [2.05, 4.69) is 0 Å². The Hall–Kier alpha value is -2.24. The van der Waals surface area contributed by atoms with Crippen LogP contribution in [-0.4, -0.2) is 30.5 Å². The van der Waals surface area contributed by atoms with Gasteiger partial charge in [0, 0.05) is 0 Å². The fourth-order valence-electron chi connectivity index (χ4n) is 1.63. The highest BCUT2D eigenvalue weighted by Gasteiger charge is 2.32. The quantitative estimate of drug-likeness (QED) is 0.808. The Balaban J connectivity index is 3.14. The molecule has 0 spiro atoms. The number of rotatable bonds is 2. The molecule has 1 rings (SSSR count). The summed E-state index contributed by atoms with van der Waals surface area (Å²) in [4.78, 5) is 25.7. The molecule has 6 nitrogen and oxygen atoms in total. The summed E-state index contributed by atoms with van der Waals surface area (Å²) in [6.07, 6.45) is -1.59. The molecule has 0 bridgehead atoms. The number of anilines is 1. The van der Waals surface area contributed by atoms with Crippen LogP contribution in [0.5, 0.6) is 5.75 Å². The van der Waals surface area contributed by atoms with Crippen LogP contribution in [-0.2, 0) is 9.47 Å². The van der Waals surface area contributed by atoms with Gasteiger partial charge in [0.25, 0.3) is 0 Å². The topological polar surface area (TPSA) is 65.1 Å². The molecular formula is C17H25NO5. The van der Waals surface area contributed by atoms with Crippen LogP contribution in [0.25, 0.3) is 0 Å². The van der Waals surface area contributed by atoms with Crippen molar-refractivity contribution in [2.24, 2.45) is 0 Å². The second-order valence-electron chi connectivity index (χ2n) is 6.99. The molecule has 1 aromatic rings. The molecule has 6 heteroatoms. The monoisotopic (exact) mass is 323 g/mol. The standard InChI is InChI=1S/C17H25NO5/c1-16(2,3)22-14(19)18(15(20)23-17(4,5)6)12-8-10-13(21-7)11-9-12/h8-11H,1-7H3. The Morgan fingerprint density at radius 2 is 1.22 bits per heavy atom. The molecule has 0 saturated carbocycles. The van der Waals surface area contributed by atoms with Crippen molar-refractivity contribution in [1.82, 2.24) is 0 Å². The molecule has 0 aliphatic rings. The highest BCUT2D eigenvalue weighted by Crippen LogP contribution is 2.24. The van der Waals surface area contributed by atoms with Gasteiger partial charge < -0.3 is 14.2 Å². The molecule has 0 unspecified atom stereocenters. The van der Waals surface area contributed by atoms with Gasteiger partial charge in [0.05, 0.1) is 12.8 Å². The molecule has 0 aliphatic carbocycles. The van der Waals surface area contributed by atoms with Crippen molar-refractivity contribution in [3.05, 3.63) is 24.3 Å². The number of carbonyl (C=O) groups excluding carboxylic acids is 2. The first-order valence-corrected chi connectivity index (χ1v) is 7.33. The molecule has 0 aliphatic heterocycles. The smallest absolute Gasteiger partial charge is 0.424 e. The van der Waals surface area contributed by atoms with Crippen LogP contribution in [0.4, 0.5) is 15.3 Å². The summed E-state index contributed by atoms with van der Waals surface area (Å²) < 4.78 is 15.7. The maximum absolute atomic E-state index is 12.4. The predicted octanol–water partition coefficient (Wildman–Crippen LogP) is 4.37. The first kappa shape index (κ1) is 18.8. The van der Waals surface area contributed by atoms with E-state index in [1.165, 1.54) is 7.11 Å². The lowest BCUT2D eigenvalue weighted by atomic mass is 10.2. The maximum Gasteiger partial charge on any atom is 0.424 e. The number of ether oxygens (including phenoxy) is 3. The van der Waals surface area contributed by atoms with E-state index < -0.39 is 23.4 Å². The average molecular weight is 323 g/mol. The van der Waals surface area contributed by atoms with Crippen LogP contribution in [0, 0.1) is 0 Å². The van der Waals surface area contributed by atoms with Crippen molar-refractivity contribution in [3.63, 3.8) is 0 Å². The van der Waals surface area contributed by atoms with Crippen molar-refractivity contribution in [3.8, 4) is 5.75 Å². The summed E-state index contributed by atoms with van der Waals surface area (Å²) in [6, 6.07) is 6.48. The summed E-state index contributed by atoms with van der Waals surface area (Å²) >= 11 is 0. The van der Waals surface area contributed by atoms with Crippen molar-refractivity contribution < 1.29 is 23.8 Å². The second-order valence-corrected chi connectivity index (χ2v) is 6.99. The minimum atomic E-state index is -0.795. The molecule has 128 valence electrons. The fourth-order valence-corrected chi connectivity index (χ4v) is 1.63. The largest absolute Gasteiger partial charge is 0.497 e. The lowest BCUT2D eigenvalue weighted by Gasteiger charge is -2.28. The molecule has 0 heterocycles. The minimum Gasteiger partial charge on any atom is -0.497 e. The highest BCUT2D eigenvalue weighted by molar-refractivity contribution is 6.09. The van der Waals surface area contributed by atoms with Crippen LogP contribution < -0.4 is 9.64 Å². The first-order valence-electron chi connectivity index (χ1n) is 7.33. The van der Waals surface area contributed by atoms with Gasteiger partial charge in [0.2, 0.25) is 0 Å². The van der Waals surface area contributed by atoms with E-state index in [-0.39, 0.29) is 0 Å². The van der Waals surface area contributed by atoms with E-state index >= 15 is 0 Å². The van der Waals surface area contributed by atoms with Gasteiger partial charge in [-0.25, -0.2) is 9.59 Å². The first-order chi connectivity index (χ1) is 10.4. The van der Waals surface area contributed by atoms with Crippen LogP contribution >= 0.6 is 0 Å². The number of amides is 2. The van der Waals surface area contributed by atoms with Crippen molar-refractivity contribution in [2.45, 2.75) is 52.7 Å². The number of nitrogens with zero attached hydrogens (tertiary/aromatic N) is 1. The number of carbonyl (C=O) groups is 2. The zero-order valence-corrected chi connectivity index (χ0v) is 14.8. The molecule has 0 radical (unpaired) electrons. The highest BCUT2D eigenvalue weighted by atomic mass is 16.6. The average Bonchev–Trinajstić information content (AvgIpc) is 2.35. The summed E-state index contributed by atoms with van der Waals surface area (Å²) in [7, 11) is 1.54. The number of hydrogen-bond donors (Lipinski definition) is 0. The van der Waals surface area contributed by atoms with E-state index in [9.17, 15) is 9.59 Å². The fraction of sp³-hybridized carbons (Fsp3) is 0.529. The number of methoxy groups -OCH3 is 1. The zero-order valence-electron chi connectivity index (χ0n) is 14.8. The van der Waals surface area contributed by atoms with Gasteiger partial charge in [-0.2, -0.15) is 4.90 Å². The van der Waals surface area contributed by atoms with E-state index in [0.29, 0.717) is 11.4 Å². The predicted molar refractivity (Wildman–Crippen MR) is 87.9 cm³/mol. The molecule has 0 atom stereocenters. The Morgan fingerprint density at radius 1 is 0.826 bits per heavy atom. The summed E-state index contributed by atoms with van der Waals surface area (Å²) in [5, 5.41) is 0. The molecule has 23 heavy (non-hydrogen) atoms. The Kier molecular flexibility index (Phi) is 5.64. The van der Waals surface area contributed by atoms with Crippen molar-refractivity contribution in [1.29, 1.82) is 0 Å². The van der Waals surface area contributed by atoms with E-state index in [1.54, 1.807) is 65.8 Å².